The second kappa shape index (κ2) is 3.51. The molecule has 0 aliphatic carbocycles. The second-order valence-electron chi connectivity index (χ2n) is 3.52. The first kappa shape index (κ1) is 9.92. The number of aromatic nitrogens is 2. The molecule has 0 amide bonds. The maximum atomic E-state index is 13.3. The molecule has 0 bridgehead atoms. The summed E-state index contributed by atoms with van der Waals surface area (Å²) in [7, 11) is 0. The first-order valence-corrected chi connectivity index (χ1v) is 4.74. The maximum absolute atomic E-state index is 13.3. The van der Waals surface area contributed by atoms with Gasteiger partial charge in [-0.1, -0.05) is 6.07 Å². The number of benzene rings is 1. The van der Waals surface area contributed by atoms with Crippen LogP contribution in [0.5, 0.6) is 0 Å². The monoisotopic (exact) mass is 209 g/mol. The van der Waals surface area contributed by atoms with Crippen LogP contribution in [0.1, 0.15) is 13.0 Å². The Labute approximate surface area is 85.5 Å². The summed E-state index contributed by atoms with van der Waals surface area (Å²) in [5.74, 6) is -0.424. The number of fused-ring (bicyclic) bond motifs is 1. The van der Waals surface area contributed by atoms with Crippen molar-refractivity contribution in [3.63, 3.8) is 0 Å². The molecule has 15 heavy (non-hydrogen) atoms. The molecule has 1 heterocycles. The Bertz CT molecular complexity index is 543. The minimum absolute atomic E-state index is 0.145. The summed E-state index contributed by atoms with van der Waals surface area (Å²) in [6.45, 7) is 2.16. The van der Waals surface area contributed by atoms with Gasteiger partial charge in [-0.3, -0.25) is 4.57 Å². The lowest BCUT2D eigenvalue weighted by Crippen LogP contribution is -2.25. The van der Waals surface area contributed by atoms with Gasteiger partial charge in [-0.2, -0.15) is 0 Å². The number of nitrogens with one attached hydrogen (secondary N) is 1. The van der Waals surface area contributed by atoms with E-state index in [-0.39, 0.29) is 17.2 Å². The van der Waals surface area contributed by atoms with Crippen molar-refractivity contribution in [2.24, 2.45) is 5.73 Å². The number of para-hydroxylation sites is 1. The van der Waals surface area contributed by atoms with E-state index < -0.39 is 5.82 Å². The largest absolute Gasteiger partial charge is 0.328 e. The molecule has 0 saturated carbocycles. The van der Waals surface area contributed by atoms with E-state index in [1.165, 1.54) is 10.6 Å². The number of imidazole rings is 1. The van der Waals surface area contributed by atoms with Crippen LogP contribution in [0.3, 0.4) is 0 Å². The van der Waals surface area contributed by atoms with Gasteiger partial charge in [0.2, 0.25) is 0 Å². The Hall–Kier alpha value is -1.62. The van der Waals surface area contributed by atoms with Crippen molar-refractivity contribution in [1.82, 2.24) is 9.55 Å². The van der Waals surface area contributed by atoms with Crippen LogP contribution >= 0.6 is 0 Å². The van der Waals surface area contributed by atoms with Crippen LogP contribution in [0.2, 0.25) is 0 Å². The van der Waals surface area contributed by atoms with Crippen LogP contribution in [-0.2, 0) is 0 Å². The zero-order valence-electron chi connectivity index (χ0n) is 8.33. The van der Waals surface area contributed by atoms with Gasteiger partial charge in [0.15, 0.2) is 0 Å². The lowest BCUT2D eigenvalue weighted by atomic mass is 10.2. The average molecular weight is 209 g/mol. The van der Waals surface area contributed by atoms with Crippen LogP contribution in [0.25, 0.3) is 11.0 Å². The molecule has 1 atom stereocenters. The van der Waals surface area contributed by atoms with Crippen molar-refractivity contribution in [2.75, 3.05) is 6.54 Å². The molecule has 1 aromatic heterocycles. The van der Waals surface area contributed by atoms with Crippen LogP contribution in [0, 0.1) is 5.82 Å². The molecule has 2 rings (SSSR count). The summed E-state index contributed by atoms with van der Waals surface area (Å²) in [6, 6.07) is 4.44. The second-order valence-corrected chi connectivity index (χ2v) is 3.52. The van der Waals surface area contributed by atoms with E-state index in [9.17, 15) is 9.18 Å². The average Bonchev–Trinajstić information content (AvgIpc) is 2.55. The van der Waals surface area contributed by atoms with Gasteiger partial charge in [-0.15, -0.1) is 0 Å². The van der Waals surface area contributed by atoms with Gasteiger partial charge in [0.05, 0.1) is 5.52 Å². The normalized spacial score (nSPS) is 13.3. The van der Waals surface area contributed by atoms with Crippen molar-refractivity contribution in [3.05, 3.63) is 34.5 Å². The van der Waals surface area contributed by atoms with E-state index in [0.29, 0.717) is 12.1 Å². The Morgan fingerprint density at radius 2 is 2.33 bits per heavy atom. The highest BCUT2D eigenvalue weighted by molar-refractivity contribution is 5.75. The number of halogens is 1. The van der Waals surface area contributed by atoms with Gasteiger partial charge < -0.3 is 10.7 Å². The molecular formula is C10H12FN3O. The van der Waals surface area contributed by atoms with Crippen molar-refractivity contribution >= 4 is 11.0 Å². The van der Waals surface area contributed by atoms with E-state index in [4.69, 9.17) is 5.73 Å². The third-order valence-electron chi connectivity index (χ3n) is 2.48. The zero-order valence-corrected chi connectivity index (χ0v) is 8.33. The number of hydrogen-bond acceptors (Lipinski definition) is 2. The van der Waals surface area contributed by atoms with Crippen LogP contribution in [0.15, 0.2) is 23.0 Å². The van der Waals surface area contributed by atoms with Crippen LogP contribution in [-0.4, -0.2) is 16.1 Å². The van der Waals surface area contributed by atoms with E-state index in [1.54, 1.807) is 12.1 Å². The predicted molar refractivity (Wildman–Crippen MR) is 56.3 cm³/mol. The number of hydrogen-bond donors (Lipinski definition) is 2. The molecule has 0 saturated heterocycles. The minimum atomic E-state index is -0.424. The molecule has 1 aromatic carbocycles. The van der Waals surface area contributed by atoms with E-state index in [0.717, 1.165) is 0 Å². The molecule has 3 N–H and O–H groups in total. The fraction of sp³-hybridized carbons (Fsp3) is 0.300. The quantitative estimate of drug-likeness (QED) is 0.774. The summed E-state index contributed by atoms with van der Waals surface area (Å²) in [6.07, 6.45) is 0. The maximum Gasteiger partial charge on any atom is 0.326 e. The summed E-state index contributed by atoms with van der Waals surface area (Å²) in [5.41, 5.74) is 5.96. The Balaban J connectivity index is 2.80. The fourth-order valence-electron chi connectivity index (χ4n) is 1.66. The lowest BCUT2D eigenvalue weighted by Gasteiger charge is -2.09. The lowest BCUT2D eigenvalue weighted by molar-refractivity contribution is 0.557. The van der Waals surface area contributed by atoms with E-state index in [1.807, 2.05) is 6.92 Å². The Morgan fingerprint density at radius 3 is 3.00 bits per heavy atom. The number of aromatic amines is 1. The van der Waals surface area contributed by atoms with Crippen molar-refractivity contribution in [2.45, 2.75) is 13.0 Å². The highest BCUT2D eigenvalue weighted by atomic mass is 19.1. The molecule has 80 valence electrons. The molecular weight excluding hydrogens is 197 g/mol. The molecule has 0 spiro atoms. The number of H-pyrrole nitrogens is 1. The SMILES string of the molecule is CC(CN)n1c(=O)[nH]c2c(F)cccc21. The van der Waals surface area contributed by atoms with Crippen molar-refractivity contribution in [3.8, 4) is 0 Å². The molecule has 0 aliphatic rings. The fourth-order valence-corrected chi connectivity index (χ4v) is 1.66. The highest BCUT2D eigenvalue weighted by Gasteiger charge is 2.13. The Kier molecular flexibility index (Phi) is 2.32. The number of nitrogens with zero attached hydrogens (tertiary/aromatic N) is 1. The van der Waals surface area contributed by atoms with Gasteiger partial charge in [0.1, 0.15) is 11.3 Å². The van der Waals surface area contributed by atoms with E-state index >= 15 is 0 Å². The standard InChI is InChI=1S/C10H12FN3O/c1-6(5-12)14-8-4-2-3-7(11)9(8)13-10(14)15/h2-4,6H,5,12H2,1H3,(H,13,15). The Morgan fingerprint density at radius 1 is 1.60 bits per heavy atom. The molecule has 5 heteroatoms. The molecule has 2 aromatic rings. The third-order valence-corrected chi connectivity index (χ3v) is 2.48. The molecule has 0 fully saturated rings. The molecule has 4 nitrogen and oxygen atoms in total. The predicted octanol–water partition coefficient (Wildman–Crippen LogP) is 0.988. The van der Waals surface area contributed by atoms with Crippen molar-refractivity contribution < 1.29 is 4.39 Å². The summed E-state index contributed by atoms with van der Waals surface area (Å²) >= 11 is 0. The first-order valence-electron chi connectivity index (χ1n) is 4.74. The number of nitrogens with two attached hydrogens (primary N) is 1. The molecule has 0 aliphatic heterocycles. The van der Waals surface area contributed by atoms with Crippen LogP contribution < -0.4 is 11.4 Å². The summed E-state index contributed by atoms with van der Waals surface area (Å²) in [4.78, 5) is 14.1. The van der Waals surface area contributed by atoms with Gasteiger partial charge in [0.25, 0.3) is 0 Å². The smallest absolute Gasteiger partial charge is 0.326 e. The zero-order chi connectivity index (χ0) is 11.0. The van der Waals surface area contributed by atoms with Gasteiger partial charge in [-0.05, 0) is 19.1 Å². The number of rotatable bonds is 2. The minimum Gasteiger partial charge on any atom is -0.328 e. The topological polar surface area (TPSA) is 63.8 Å². The summed E-state index contributed by atoms with van der Waals surface area (Å²) < 4.78 is 14.8. The highest BCUT2D eigenvalue weighted by Crippen LogP contribution is 2.16. The van der Waals surface area contributed by atoms with Crippen LogP contribution in [0.4, 0.5) is 4.39 Å². The first-order chi connectivity index (χ1) is 7.15. The molecule has 1 unspecified atom stereocenters. The van der Waals surface area contributed by atoms with Gasteiger partial charge >= 0.3 is 5.69 Å². The van der Waals surface area contributed by atoms with Crippen molar-refractivity contribution in [1.29, 1.82) is 0 Å². The van der Waals surface area contributed by atoms with Gasteiger partial charge in [0, 0.05) is 12.6 Å². The summed E-state index contributed by atoms with van der Waals surface area (Å²) in [5, 5.41) is 0. The molecule has 0 radical (unpaired) electrons. The third kappa shape index (κ3) is 1.45. The van der Waals surface area contributed by atoms with Gasteiger partial charge in [-0.25, -0.2) is 9.18 Å². The van der Waals surface area contributed by atoms with E-state index in [2.05, 4.69) is 4.98 Å².